The third kappa shape index (κ3) is 10.1. The largest absolute Gasteiger partial charge is 0.368 e. The average molecular weight is 618 g/mol. The van der Waals surface area contributed by atoms with Crippen molar-refractivity contribution in [2.24, 2.45) is 5.73 Å². The van der Waals surface area contributed by atoms with E-state index < -0.39 is 64.8 Å². The summed E-state index contributed by atoms with van der Waals surface area (Å²) in [5.41, 5.74) is 5.29. The van der Waals surface area contributed by atoms with Gasteiger partial charge in [0.25, 0.3) is 11.8 Å². The molecule has 3 aromatic rings. The number of hydrogen-bond donors (Lipinski definition) is 5. The van der Waals surface area contributed by atoms with Crippen molar-refractivity contribution >= 4 is 35.3 Å². The van der Waals surface area contributed by atoms with Crippen molar-refractivity contribution in [3.63, 3.8) is 0 Å². The van der Waals surface area contributed by atoms with Crippen LogP contribution in [-0.2, 0) is 36.8 Å². The molecule has 2 unspecified atom stereocenters. The summed E-state index contributed by atoms with van der Waals surface area (Å²) in [6, 6.07) is 18.6. The van der Waals surface area contributed by atoms with Crippen LogP contribution in [-0.4, -0.2) is 59.0 Å². The Morgan fingerprint density at radius 2 is 1.27 bits per heavy atom. The summed E-state index contributed by atoms with van der Waals surface area (Å²) in [6.07, 6.45) is 0.0301. The van der Waals surface area contributed by atoms with Crippen molar-refractivity contribution in [3.8, 4) is 0 Å². The Balaban J connectivity index is 1.74. The van der Waals surface area contributed by atoms with Gasteiger partial charge in [0.1, 0.15) is 23.4 Å². The van der Waals surface area contributed by atoms with Crippen LogP contribution in [0.15, 0.2) is 84.9 Å². The minimum atomic E-state index is -1.44. The molecule has 11 nitrogen and oxygen atoms in total. The molecule has 0 bridgehead atoms. The maximum Gasteiger partial charge on any atom is 0.290 e. The zero-order valence-corrected chi connectivity index (χ0v) is 25.1. The van der Waals surface area contributed by atoms with E-state index in [0.29, 0.717) is 11.1 Å². The average Bonchev–Trinajstić information content (AvgIpc) is 3.00. The van der Waals surface area contributed by atoms with Gasteiger partial charge in [-0.25, -0.2) is 4.39 Å². The van der Waals surface area contributed by atoms with Crippen molar-refractivity contribution in [1.29, 1.82) is 0 Å². The molecule has 0 radical (unpaired) electrons. The van der Waals surface area contributed by atoms with Gasteiger partial charge in [-0.1, -0.05) is 66.7 Å². The maximum absolute atomic E-state index is 13.7. The van der Waals surface area contributed by atoms with Gasteiger partial charge in [-0.3, -0.25) is 28.8 Å². The Morgan fingerprint density at radius 1 is 0.733 bits per heavy atom. The predicted molar refractivity (Wildman–Crippen MR) is 164 cm³/mol. The molecule has 0 aliphatic heterocycles. The van der Waals surface area contributed by atoms with Crippen LogP contribution in [0, 0.1) is 5.82 Å². The highest BCUT2D eigenvalue weighted by molar-refractivity contribution is 6.38. The summed E-state index contributed by atoms with van der Waals surface area (Å²) in [6.45, 7) is 4.09. The number of Topliss-reactive ketones (excluding diaryl/α,β-unsaturated/α-hetero) is 1. The van der Waals surface area contributed by atoms with Gasteiger partial charge < -0.3 is 27.0 Å². The van der Waals surface area contributed by atoms with E-state index in [0.717, 1.165) is 6.07 Å². The number of ketones is 1. The van der Waals surface area contributed by atoms with Crippen molar-refractivity contribution < 1.29 is 33.2 Å². The summed E-state index contributed by atoms with van der Waals surface area (Å²) in [5, 5.41) is 9.90. The molecule has 0 saturated carbocycles. The highest BCUT2D eigenvalue weighted by Crippen LogP contribution is 2.09. The van der Waals surface area contributed by atoms with E-state index >= 15 is 0 Å². The lowest BCUT2D eigenvalue weighted by Crippen LogP contribution is -2.60. The number of hydrogen-bond acceptors (Lipinski definition) is 6. The minimum absolute atomic E-state index is 0.00740. The zero-order chi connectivity index (χ0) is 33.1. The lowest BCUT2D eigenvalue weighted by molar-refractivity contribution is -0.141. The number of carbonyl (C=O) groups excluding carboxylic acids is 6. The van der Waals surface area contributed by atoms with Gasteiger partial charge in [0, 0.05) is 18.4 Å². The van der Waals surface area contributed by atoms with Crippen molar-refractivity contribution in [1.82, 2.24) is 21.3 Å². The highest BCUT2D eigenvalue weighted by Gasteiger charge is 2.34. The fourth-order valence-electron chi connectivity index (χ4n) is 4.25. The number of rotatable bonds is 14. The van der Waals surface area contributed by atoms with Crippen molar-refractivity contribution in [3.05, 3.63) is 107 Å². The number of halogens is 1. The Bertz CT molecular complexity index is 1550. The fraction of sp³-hybridized carbons (Fsp3) is 0.273. The van der Waals surface area contributed by atoms with Crippen LogP contribution >= 0.6 is 0 Å². The number of carbonyl (C=O) groups is 6. The monoisotopic (exact) mass is 617 g/mol. The van der Waals surface area contributed by atoms with Crippen LogP contribution < -0.4 is 27.0 Å². The highest BCUT2D eigenvalue weighted by atomic mass is 19.1. The quantitative estimate of drug-likeness (QED) is 0.171. The topological polar surface area (TPSA) is 177 Å². The third-order valence-corrected chi connectivity index (χ3v) is 6.92. The molecule has 0 fully saturated rings. The van der Waals surface area contributed by atoms with Gasteiger partial charge in [0.2, 0.25) is 23.5 Å². The molecule has 6 N–H and O–H groups in total. The Labute approximate surface area is 260 Å². The number of amides is 5. The second-order valence-corrected chi connectivity index (χ2v) is 11.0. The van der Waals surface area contributed by atoms with Crippen LogP contribution in [0.1, 0.15) is 42.3 Å². The Morgan fingerprint density at radius 3 is 1.78 bits per heavy atom. The molecular formula is C33H36FN5O6. The minimum Gasteiger partial charge on any atom is -0.368 e. The zero-order valence-electron chi connectivity index (χ0n) is 25.1. The molecule has 0 aromatic heterocycles. The number of nitrogens with one attached hydrogen (secondary N) is 4. The molecule has 236 valence electrons. The summed E-state index contributed by atoms with van der Waals surface area (Å²) in [4.78, 5) is 77.2. The van der Waals surface area contributed by atoms with E-state index in [2.05, 4.69) is 21.3 Å². The molecule has 45 heavy (non-hydrogen) atoms. The first-order chi connectivity index (χ1) is 21.3. The van der Waals surface area contributed by atoms with Crippen LogP contribution in [0.4, 0.5) is 4.39 Å². The predicted octanol–water partition coefficient (Wildman–Crippen LogP) is 1.35. The first-order valence-corrected chi connectivity index (χ1v) is 14.2. The molecule has 0 saturated heterocycles. The fourth-order valence-corrected chi connectivity index (χ4v) is 4.25. The maximum atomic E-state index is 13.7. The van der Waals surface area contributed by atoms with E-state index in [-0.39, 0.29) is 18.4 Å². The second-order valence-electron chi connectivity index (χ2n) is 11.0. The number of primary amides is 1. The lowest BCUT2D eigenvalue weighted by Gasteiger charge is -2.26. The SMILES string of the molecule is CC(NC(=O)[C@H](Cc1ccccc1)NC(=O)c1cccc(F)c1)C(=O)C(=O)NC(Cc1ccccc1)C(=O)NC(C)(C)C(N)=O. The molecule has 3 atom stereocenters. The van der Waals surface area contributed by atoms with Gasteiger partial charge in [-0.15, -0.1) is 0 Å². The first kappa shape index (κ1) is 34.1. The Kier molecular flexibility index (Phi) is 11.6. The summed E-state index contributed by atoms with van der Waals surface area (Å²) < 4.78 is 13.7. The van der Waals surface area contributed by atoms with Gasteiger partial charge in [-0.2, -0.15) is 0 Å². The van der Waals surface area contributed by atoms with E-state index in [4.69, 9.17) is 5.73 Å². The van der Waals surface area contributed by atoms with Crippen molar-refractivity contribution in [2.45, 2.75) is 57.3 Å². The van der Waals surface area contributed by atoms with Gasteiger partial charge in [0.15, 0.2) is 0 Å². The number of benzene rings is 3. The summed E-state index contributed by atoms with van der Waals surface area (Å²) in [5.74, 6) is -5.87. The molecule has 0 heterocycles. The van der Waals surface area contributed by atoms with Gasteiger partial charge in [-0.05, 0) is 50.1 Å². The van der Waals surface area contributed by atoms with Crippen LogP contribution in [0.25, 0.3) is 0 Å². The molecule has 3 aromatic carbocycles. The summed E-state index contributed by atoms with van der Waals surface area (Å²) in [7, 11) is 0. The third-order valence-electron chi connectivity index (χ3n) is 6.92. The second kappa shape index (κ2) is 15.4. The van der Waals surface area contributed by atoms with Crippen LogP contribution in [0.5, 0.6) is 0 Å². The molecule has 0 spiro atoms. The number of nitrogens with two attached hydrogens (primary N) is 1. The van der Waals surface area contributed by atoms with E-state index in [1.54, 1.807) is 60.7 Å². The van der Waals surface area contributed by atoms with E-state index in [9.17, 15) is 33.2 Å². The normalized spacial score (nSPS) is 13.0. The van der Waals surface area contributed by atoms with Gasteiger partial charge >= 0.3 is 0 Å². The standard InChI is InChI=1S/C33H36FN5O6/c1-20(27(40)31(44)38-26(18-22-13-8-5-9-14-22)30(43)39-33(2,3)32(35)45)36-29(42)25(17-21-11-6-4-7-12-21)37-28(41)23-15-10-16-24(34)19-23/h4-16,19-20,25-26H,17-18H2,1-3H3,(H2,35,45)(H,36,42)(H,37,41)(H,38,44)(H,39,43)/t20?,25-,26?/m0/s1. The van der Waals surface area contributed by atoms with Gasteiger partial charge in [0.05, 0.1) is 6.04 Å². The van der Waals surface area contributed by atoms with Crippen LogP contribution in [0.3, 0.4) is 0 Å². The molecule has 0 aliphatic rings. The summed E-state index contributed by atoms with van der Waals surface area (Å²) >= 11 is 0. The lowest BCUT2D eigenvalue weighted by atomic mass is 10.0. The molecule has 5 amide bonds. The molecule has 12 heteroatoms. The molecular weight excluding hydrogens is 581 g/mol. The smallest absolute Gasteiger partial charge is 0.290 e. The van der Waals surface area contributed by atoms with Crippen molar-refractivity contribution in [2.75, 3.05) is 0 Å². The molecule has 3 rings (SSSR count). The first-order valence-electron chi connectivity index (χ1n) is 14.2. The Hall–Kier alpha value is -5.39. The van der Waals surface area contributed by atoms with E-state index in [1.165, 1.54) is 39.0 Å². The van der Waals surface area contributed by atoms with Crippen LogP contribution in [0.2, 0.25) is 0 Å². The van der Waals surface area contributed by atoms with E-state index in [1.807, 2.05) is 0 Å². The molecule has 0 aliphatic carbocycles.